The molecular formula is C13H21FN2O. The Morgan fingerprint density at radius 3 is 2.76 bits per heavy atom. The van der Waals surface area contributed by atoms with Crippen LogP contribution in [0.4, 0.5) is 4.39 Å². The maximum atomic E-state index is 13.0. The number of hydrogen-bond acceptors (Lipinski definition) is 3. The molecule has 3 N–H and O–H groups in total. The smallest absolute Gasteiger partial charge is 0.123 e. The molecule has 0 aromatic heterocycles. The molecule has 4 heteroatoms. The van der Waals surface area contributed by atoms with Gasteiger partial charge in [-0.1, -0.05) is 19.1 Å². The van der Waals surface area contributed by atoms with Gasteiger partial charge in [-0.3, -0.25) is 0 Å². The molecular weight excluding hydrogens is 219 g/mol. The molecule has 3 nitrogen and oxygen atoms in total. The number of nitrogens with two attached hydrogens (primary N) is 1. The van der Waals surface area contributed by atoms with E-state index in [0.717, 1.165) is 25.1 Å². The van der Waals surface area contributed by atoms with E-state index in [1.54, 1.807) is 6.07 Å². The van der Waals surface area contributed by atoms with Crippen LogP contribution < -0.4 is 5.73 Å². The van der Waals surface area contributed by atoms with E-state index in [1.807, 2.05) is 13.0 Å². The minimum Gasteiger partial charge on any atom is -0.395 e. The molecule has 0 spiro atoms. The first kappa shape index (κ1) is 14.1. The van der Waals surface area contributed by atoms with Crippen molar-refractivity contribution >= 4 is 0 Å². The zero-order valence-corrected chi connectivity index (χ0v) is 10.3. The lowest BCUT2D eigenvalue weighted by Gasteiger charge is -2.21. The summed E-state index contributed by atoms with van der Waals surface area (Å²) in [5.74, 6) is -0.249. The molecule has 0 aliphatic carbocycles. The van der Waals surface area contributed by atoms with Gasteiger partial charge in [-0.05, 0) is 30.7 Å². The van der Waals surface area contributed by atoms with Crippen molar-refractivity contribution in [3.8, 4) is 0 Å². The zero-order valence-electron chi connectivity index (χ0n) is 10.3. The molecule has 17 heavy (non-hydrogen) atoms. The molecule has 1 aromatic rings. The van der Waals surface area contributed by atoms with E-state index < -0.39 is 0 Å². The van der Waals surface area contributed by atoms with Crippen LogP contribution in [0.25, 0.3) is 0 Å². The number of halogens is 1. The van der Waals surface area contributed by atoms with E-state index in [9.17, 15) is 4.39 Å². The van der Waals surface area contributed by atoms with Crippen LogP contribution in [0.1, 0.15) is 24.9 Å². The number of aliphatic hydroxyl groups is 1. The third-order valence-electron chi connectivity index (χ3n) is 2.90. The van der Waals surface area contributed by atoms with E-state index in [4.69, 9.17) is 10.8 Å². The minimum atomic E-state index is -0.249. The first-order valence-corrected chi connectivity index (χ1v) is 6.01. The van der Waals surface area contributed by atoms with Gasteiger partial charge in [0.05, 0.1) is 6.61 Å². The van der Waals surface area contributed by atoms with Crippen LogP contribution >= 0.6 is 0 Å². The maximum Gasteiger partial charge on any atom is 0.123 e. The van der Waals surface area contributed by atoms with E-state index in [1.165, 1.54) is 12.1 Å². The SMILES string of the molecule is CCN(CCO)CCC(N)c1cccc(F)c1. The molecule has 1 aromatic carbocycles. The predicted octanol–water partition coefficient (Wildman–Crippen LogP) is 1.53. The van der Waals surface area contributed by atoms with Crippen molar-refractivity contribution in [1.29, 1.82) is 0 Å². The molecule has 1 rings (SSSR count). The predicted molar refractivity (Wildman–Crippen MR) is 67.1 cm³/mol. The fourth-order valence-corrected chi connectivity index (χ4v) is 1.80. The van der Waals surface area contributed by atoms with Crippen LogP contribution in [0.3, 0.4) is 0 Å². The summed E-state index contributed by atoms with van der Waals surface area (Å²) in [7, 11) is 0. The third-order valence-corrected chi connectivity index (χ3v) is 2.90. The summed E-state index contributed by atoms with van der Waals surface area (Å²) in [6.45, 7) is 4.56. The molecule has 0 amide bonds. The average Bonchev–Trinajstić information content (AvgIpc) is 2.34. The third kappa shape index (κ3) is 4.81. The normalized spacial score (nSPS) is 13.0. The molecule has 1 unspecified atom stereocenters. The van der Waals surface area contributed by atoms with Gasteiger partial charge in [0.2, 0.25) is 0 Å². The summed E-state index contributed by atoms with van der Waals surface area (Å²) in [5, 5.41) is 8.86. The Kier molecular flexibility index (Phi) is 6.11. The standard InChI is InChI=1S/C13H21FN2O/c1-2-16(8-9-17)7-6-13(15)11-4-3-5-12(14)10-11/h3-5,10,13,17H,2,6-9,15H2,1H3. The second-order valence-corrected chi connectivity index (χ2v) is 4.11. The van der Waals surface area contributed by atoms with Crippen molar-refractivity contribution in [2.75, 3.05) is 26.2 Å². The Bertz CT molecular complexity index is 333. The van der Waals surface area contributed by atoms with Gasteiger partial charge in [0.15, 0.2) is 0 Å². The van der Waals surface area contributed by atoms with Crippen LogP contribution in [0, 0.1) is 5.82 Å². The first-order chi connectivity index (χ1) is 8.17. The Morgan fingerprint density at radius 2 is 2.18 bits per heavy atom. The van der Waals surface area contributed by atoms with Gasteiger partial charge in [0, 0.05) is 19.1 Å². The van der Waals surface area contributed by atoms with Gasteiger partial charge in [-0.15, -0.1) is 0 Å². The van der Waals surface area contributed by atoms with Crippen LogP contribution in [0.2, 0.25) is 0 Å². The minimum absolute atomic E-state index is 0.154. The van der Waals surface area contributed by atoms with Crippen LogP contribution in [0.15, 0.2) is 24.3 Å². The van der Waals surface area contributed by atoms with E-state index >= 15 is 0 Å². The lowest BCUT2D eigenvalue weighted by molar-refractivity contribution is 0.197. The average molecular weight is 240 g/mol. The van der Waals surface area contributed by atoms with E-state index in [0.29, 0.717) is 6.54 Å². The lowest BCUT2D eigenvalue weighted by atomic mass is 10.0. The summed E-state index contributed by atoms with van der Waals surface area (Å²) in [6, 6.07) is 6.26. The van der Waals surface area contributed by atoms with Gasteiger partial charge >= 0.3 is 0 Å². The molecule has 0 saturated heterocycles. The maximum absolute atomic E-state index is 13.0. The highest BCUT2D eigenvalue weighted by Crippen LogP contribution is 2.15. The quantitative estimate of drug-likeness (QED) is 0.760. The van der Waals surface area contributed by atoms with Crippen molar-refractivity contribution in [1.82, 2.24) is 4.90 Å². The number of benzene rings is 1. The zero-order chi connectivity index (χ0) is 12.7. The summed E-state index contributed by atoms with van der Waals surface area (Å²) >= 11 is 0. The largest absolute Gasteiger partial charge is 0.395 e. The molecule has 96 valence electrons. The van der Waals surface area contributed by atoms with Gasteiger partial charge < -0.3 is 15.7 Å². The fraction of sp³-hybridized carbons (Fsp3) is 0.538. The highest BCUT2D eigenvalue weighted by molar-refractivity contribution is 5.19. The van der Waals surface area contributed by atoms with Crippen molar-refractivity contribution in [3.63, 3.8) is 0 Å². The molecule has 0 aliphatic heterocycles. The van der Waals surface area contributed by atoms with Crippen LogP contribution in [0.5, 0.6) is 0 Å². The highest BCUT2D eigenvalue weighted by atomic mass is 19.1. The number of nitrogens with zero attached hydrogens (tertiary/aromatic N) is 1. The van der Waals surface area contributed by atoms with Crippen molar-refractivity contribution in [2.24, 2.45) is 5.73 Å². The Hall–Kier alpha value is -0.970. The Labute approximate surface area is 102 Å². The van der Waals surface area contributed by atoms with Crippen LogP contribution in [-0.2, 0) is 0 Å². The highest BCUT2D eigenvalue weighted by Gasteiger charge is 2.09. The molecule has 0 fully saturated rings. The summed E-state index contributed by atoms with van der Waals surface area (Å²) < 4.78 is 13.0. The number of aliphatic hydroxyl groups excluding tert-OH is 1. The van der Waals surface area contributed by atoms with Gasteiger partial charge in [0.1, 0.15) is 5.82 Å². The summed E-state index contributed by atoms with van der Waals surface area (Å²) in [6.07, 6.45) is 0.761. The first-order valence-electron chi connectivity index (χ1n) is 6.01. The van der Waals surface area contributed by atoms with Gasteiger partial charge in [-0.2, -0.15) is 0 Å². The molecule has 1 atom stereocenters. The van der Waals surface area contributed by atoms with Crippen molar-refractivity contribution in [3.05, 3.63) is 35.6 Å². The topological polar surface area (TPSA) is 49.5 Å². The molecule has 0 bridgehead atoms. The fourth-order valence-electron chi connectivity index (χ4n) is 1.80. The van der Waals surface area contributed by atoms with Crippen molar-refractivity contribution < 1.29 is 9.50 Å². The molecule has 0 saturated carbocycles. The Morgan fingerprint density at radius 1 is 1.41 bits per heavy atom. The summed E-state index contributed by atoms with van der Waals surface area (Å²) in [4.78, 5) is 2.12. The molecule has 0 aliphatic rings. The van der Waals surface area contributed by atoms with Crippen LogP contribution in [-0.4, -0.2) is 36.2 Å². The number of hydrogen-bond donors (Lipinski definition) is 2. The number of rotatable bonds is 7. The monoisotopic (exact) mass is 240 g/mol. The number of likely N-dealkylation sites (N-methyl/N-ethyl adjacent to an activating group) is 1. The van der Waals surface area contributed by atoms with E-state index in [2.05, 4.69) is 4.90 Å². The summed E-state index contributed by atoms with van der Waals surface area (Å²) in [5.41, 5.74) is 6.83. The van der Waals surface area contributed by atoms with Gasteiger partial charge in [0.25, 0.3) is 0 Å². The second-order valence-electron chi connectivity index (χ2n) is 4.11. The van der Waals surface area contributed by atoms with Crippen molar-refractivity contribution in [2.45, 2.75) is 19.4 Å². The lowest BCUT2D eigenvalue weighted by Crippen LogP contribution is -2.29. The van der Waals surface area contributed by atoms with E-state index in [-0.39, 0.29) is 18.5 Å². The van der Waals surface area contributed by atoms with Gasteiger partial charge in [-0.25, -0.2) is 4.39 Å². The second kappa shape index (κ2) is 7.37. The Balaban J connectivity index is 2.46. The molecule has 0 radical (unpaired) electrons. The molecule has 0 heterocycles.